The fourth-order valence-corrected chi connectivity index (χ4v) is 2.50. The van der Waals surface area contributed by atoms with Gasteiger partial charge in [-0.15, -0.1) is 0 Å². The molecule has 0 aliphatic heterocycles. The van der Waals surface area contributed by atoms with Gasteiger partial charge in [0, 0.05) is 0 Å². The minimum Gasteiger partial charge on any atom is -0.0656 e. The third kappa shape index (κ3) is 3.37. The standard InChI is InChI=1S/C10H15Si/c1-2-3-9-11-10-7-5-4-6-8-10/h4-8,11H,2-3,9H2,1H3. The number of benzene rings is 1. The Balaban J connectivity index is 2.28. The molecule has 1 heteroatoms. The molecule has 59 valence electrons. The lowest BCUT2D eigenvalue weighted by atomic mass is 10.4. The van der Waals surface area contributed by atoms with E-state index in [0.717, 1.165) is 0 Å². The molecule has 0 aliphatic rings. The Morgan fingerprint density at radius 2 is 1.91 bits per heavy atom. The lowest BCUT2D eigenvalue weighted by molar-refractivity contribution is 0.881. The Kier molecular flexibility index (Phi) is 3.98. The lowest BCUT2D eigenvalue weighted by Crippen LogP contribution is -2.11. The molecule has 0 spiro atoms. The van der Waals surface area contributed by atoms with Crippen LogP contribution < -0.4 is 5.19 Å². The minimum atomic E-state index is 0.544. The normalized spacial score (nSPS) is 9.91. The molecule has 0 nitrogen and oxygen atoms in total. The Morgan fingerprint density at radius 1 is 1.18 bits per heavy atom. The van der Waals surface area contributed by atoms with Crippen LogP contribution in [0.3, 0.4) is 0 Å². The van der Waals surface area contributed by atoms with Crippen LogP contribution in [0.1, 0.15) is 19.8 Å². The summed E-state index contributed by atoms with van der Waals surface area (Å²) < 4.78 is 0. The van der Waals surface area contributed by atoms with Gasteiger partial charge >= 0.3 is 0 Å². The molecule has 1 rings (SSSR count). The van der Waals surface area contributed by atoms with E-state index in [1.54, 1.807) is 5.19 Å². The molecule has 0 amide bonds. The van der Waals surface area contributed by atoms with Crippen molar-refractivity contribution in [2.75, 3.05) is 0 Å². The van der Waals surface area contributed by atoms with Crippen LogP contribution in [0.25, 0.3) is 0 Å². The molecule has 0 unspecified atom stereocenters. The van der Waals surface area contributed by atoms with Crippen LogP contribution in [0.15, 0.2) is 30.3 Å². The van der Waals surface area contributed by atoms with Crippen LogP contribution >= 0.6 is 0 Å². The first-order valence-electron chi connectivity index (χ1n) is 4.31. The molecule has 0 aliphatic carbocycles. The first kappa shape index (κ1) is 8.53. The molecule has 0 saturated heterocycles. The molecular weight excluding hydrogens is 148 g/mol. The summed E-state index contributed by atoms with van der Waals surface area (Å²) in [5.41, 5.74) is 0. The van der Waals surface area contributed by atoms with Gasteiger partial charge in [-0.2, -0.15) is 0 Å². The summed E-state index contributed by atoms with van der Waals surface area (Å²) in [4.78, 5) is 0. The van der Waals surface area contributed by atoms with Crippen LogP contribution in [0.5, 0.6) is 0 Å². The van der Waals surface area contributed by atoms with Crippen molar-refractivity contribution in [1.82, 2.24) is 0 Å². The van der Waals surface area contributed by atoms with Crippen LogP contribution in [-0.2, 0) is 0 Å². The Labute approximate surface area is 71.5 Å². The van der Waals surface area contributed by atoms with Crippen molar-refractivity contribution in [3.8, 4) is 0 Å². The van der Waals surface area contributed by atoms with Crippen molar-refractivity contribution >= 4 is 14.7 Å². The van der Waals surface area contributed by atoms with Gasteiger partial charge in [0.1, 0.15) is 0 Å². The summed E-state index contributed by atoms with van der Waals surface area (Å²) in [5.74, 6) is 0. The topological polar surface area (TPSA) is 0 Å². The van der Waals surface area contributed by atoms with Gasteiger partial charge in [-0.25, -0.2) is 0 Å². The van der Waals surface area contributed by atoms with E-state index in [1.807, 2.05) is 0 Å². The highest BCUT2D eigenvalue weighted by Gasteiger charge is 1.90. The maximum atomic E-state index is 2.25. The van der Waals surface area contributed by atoms with Crippen molar-refractivity contribution in [2.24, 2.45) is 0 Å². The third-order valence-corrected chi connectivity index (χ3v) is 3.29. The number of unbranched alkanes of at least 4 members (excludes halogenated alkanes) is 1. The molecule has 0 heterocycles. The van der Waals surface area contributed by atoms with Gasteiger partial charge in [0.2, 0.25) is 0 Å². The Morgan fingerprint density at radius 3 is 2.55 bits per heavy atom. The van der Waals surface area contributed by atoms with E-state index in [4.69, 9.17) is 0 Å². The zero-order valence-corrected chi connectivity index (χ0v) is 8.24. The Bertz CT molecular complexity index is 181. The SMILES string of the molecule is CCCC[SiH]c1ccccc1. The minimum absolute atomic E-state index is 0.544. The van der Waals surface area contributed by atoms with Gasteiger partial charge in [-0.3, -0.25) is 0 Å². The van der Waals surface area contributed by atoms with Crippen molar-refractivity contribution in [1.29, 1.82) is 0 Å². The summed E-state index contributed by atoms with van der Waals surface area (Å²) in [6.07, 6.45) is 2.73. The van der Waals surface area contributed by atoms with Gasteiger partial charge in [-0.05, 0) is 0 Å². The summed E-state index contributed by atoms with van der Waals surface area (Å²) in [5, 5.41) is 1.56. The Hall–Kier alpha value is -0.563. The average Bonchev–Trinajstić information content (AvgIpc) is 2.07. The molecule has 11 heavy (non-hydrogen) atoms. The van der Waals surface area contributed by atoms with Gasteiger partial charge in [0.25, 0.3) is 0 Å². The largest absolute Gasteiger partial charge is 0.0667 e. The zero-order chi connectivity index (χ0) is 7.94. The molecule has 0 atom stereocenters. The van der Waals surface area contributed by atoms with Crippen LogP contribution in [-0.4, -0.2) is 9.52 Å². The highest BCUT2D eigenvalue weighted by atomic mass is 28.2. The average molecular weight is 163 g/mol. The number of hydrogen-bond acceptors (Lipinski definition) is 0. The second-order valence-corrected chi connectivity index (χ2v) is 4.41. The first-order chi connectivity index (χ1) is 5.43. The quantitative estimate of drug-likeness (QED) is 0.470. The second kappa shape index (κ2) is 5.14. The fraction of sp³-hybridized carbons (Fsp3) is 0.400. The molecule has 0 fully saturated rings. The highest BCUT2D eigenvalue weighted by Crippen LogP contribution is 1.93. The number of hydrogen-bond donors (Lipinski definition) is 0. The van der Waals surface area contributed by atoms with Crippen LogP contribution in [0.4, 0.5) is 0 Å². The first-order valence-corrected chi connectivity index (χ1v) is 5.71. The van der Waals surface area contributed by atoms with Gasteiger partial charge in [0.15, 0.2) is 0 Å². The highest BCUT2D eigenvalue weighted by molar-refractivity contribution is 6.53. The maximum Gasteiger partial charge on any atom is 0.0667 e. The molecule has 0 N–H and O–H groups in total. The van der Waals surface area contributed by atoms with E-state index >= 15 is 0 Å². The van der Waals surface area contributed by atoms with Crippen molar-refractivity contribution in [3.05, 3.63) is 30.3 Å². The van der Waals surface area contributed by atoms with E-state index in [-0.39, 0.29) is 0 Å². The van der Waals surface area contributed by atoms with E-state index < -0.39 is 0 Å². The summed E-state index contributed by atoms with van der Waals surface area (Å²) in [6, 6.07) is 12.3. The molecule has 0 bridgehead atoms. The summed E-state index contributed by atoms with van der Waals surface area (Å²) >= 11 is 0. The summed E-state index contributed by atoms with van der Waals surface area (Å²) in [7, 11) is 0.544. The van der Waals surface area contributed by atoms with E-state index in [0.29, 0.717) is 9.52 Å². The van der Waals surface area contributed by atoms with Crippen LogP contribution in [0, 0.1) is 0 Å². The van der Waals surface area contributed by atoms with E-state index in [2.05, 4.69) is 37.3 Å². The predicted molar refractivity (Wildman–Crippen MR) is 52.9 cm³/mol. The molecule has 1 aromatic rings. The zero-order valence-electron chi connectivity index (χ0n) is 7.09. The predicted octanol–water partition coefficient (Wildman–Crippen LogP) is 1.97. The van der Waals surface area contributed by atoms with E-state index in [9.17, 15) is 0 Å². The van der Waals surface area contributed by atoms with Gasteiger partial charge < -0.3 is 0 Å². The van der Waals surface area contributed by atoms with Gasteiger partial charge in [-0.1, -0.05) is 61.3 Å². The molecule has 1 radical (unpaired) electrons. The van der Waals surface area contributed by atoms with Crippen molar-refractivity contribution in [3.63, 3.8) is 0 Å². The van der Waals surface area contributed by atoms with Crippen LogP contribution in [0.2, 0.25) is 6.04 Å². The number of rotatable bonds is 4. The van der Waals surface area contributed by atoms with Crippen molar-refractivity contribution in [2.45, 2.75) is 25.8 Å². The van der Waals surface area contributed by atoms with Crippen molar-refractivity contribution < 1.29 is 0 Å². The monoisotopic (exact) mass is 163 g/mol. The van der Waals surface area contributed by atoms with Gasteiger partial charge in [0.05, 0.1) is 9.52 Å². The molecule has 0 aromatic heterocycles. The fourth-order valence-electron chi connectivity index (χ4n) is 1.06. The molecule has 0 saturated carbocycles. The molecule has 1 aromatic carbocycles. The molecular formula is C10H15Si. The second-order valence-electron chi connectivity index (χ2n) is 2.76. The lowest BCUT2D eigenvalue weighted by Gasteiger charge is -1.97. The maximum absolute atomic E-state index is 2.25. The van der Waals surface area contributed by atoms with E-state index in [1.165, 1.54) is 18.9 Å². The smallest absolute Gasteiger partial charge is 0.0656 e. The summed E-state index contributed by atoms with van der Waals surface area (Å²) in [6.45, 7) is 2.25. The third-order valence-electron chi connectivity index (χ3n) is 1.74.